The molecule has 0 spiro atoms. The Hall–Kier alpha value is -4.19. The second-order valence-electron chi connectivity index (χ2n) is 10.3. The summed E-state index contributed by atoms with van der Waals surface area (Å²) in [6.07, 6.45) is 12.1. The molecule has 10 heteroatoms. The number of carbonyl (C=O) groups excluding carboxylic acids is 1. The predicted molar refractivity (Wildman–Crippen MR) is 160 cm³/mol. The fourth-order valence-corrected chi connectivity index (χ4v) is 6.22. The SMILES string of the molecule is N#CCC(C1CCCC1)n1cc(-c2ncnc3c2ccn3C(=O)Cc2ccccc2Nc2c(Cl)cccc2Cl)cn1. The van der Waals surface area contributed by atoms with Crippen LogP contribution in [0.3, 0.4) is 0 Å². The smallest absolute Gasteiger partial charge is 0.236 e. The van der Waals surface area contributed by atoms with Gasteiger partial charge in [-0.1, -0.05) is 60.3 Å². The van der Waals surface area contributed by atoms with E-state index in [2.05, 4.69) is 26.5 Å². The summed E-state index contributed by atoms with van der Waals surface area (Å²) in [6.45, 7) is 0. The highest BCUT2D eigenvalue weighted by Crippen LogP contribution is 2.37. The van der Waals surface area contributed by atoms with E-state index in [9.17, 15) is 10.1 Å². The molecule has 1 aliphatic carbocycles. The third kappa shape index (κ3) is 5.43. The molecule has 1 fully saturated rings. The van der Waals surface area contributed by atoms with Gasteiger partial charge in [0, 0.05) is 29.0 Å². The maximum absolute atomic E-state index is 13.6. The van der Waals surface area contributed by atoms with Gasteiger partial charge in [-0.15, -0.1) is 0 Å². The van der Waals surface area contributed by atoms with E-state index in [1.807, 2.05) is 41.2 Å². The summed E-state index contributed by atoms with van der Waals surface area (Å²) < 4.78 is 3.47. The average Bonchev–Trinajstić information content (AvgIpc) is 3.76. The number of fused-ring (bicyclic) bond motifs is 1. The van der Waals surface area contributed by atoms with Gasteiger partial charge in [-0.2, -0.15) is 10.4 Å². The van der Waals surface area contributed by atoms with Gasteiger partial charge < -0.3 is 5.32 Å². The van der Waals surface area contributed by atoms with Crippen LogP contribution in [0.15, 0.2) is 73.4 Å². The van der Waals surface area contributed by atoms with Crippen LogP contribution in [-0.2, 0) is 6.42 Å². The first-order chi connectivity index (χ1) is 20.0. The number of hydrogen-bond donors (Lipinski definition) is 1. The standard InChI is InChI=1S/C31H27Cl2N7O/c32-24-9-5-10-25(33)30(24)38-26-11-4-3-8-21(26)16-28(41)39-15-13-23-29(35-19-36-31(23)39)22-17-37-40(18-22)27(12-14-34)20-6-1-2-7-20/h3-5,8-11,13,15,17-20,27,38H,1-2,6-7,12,16H2. The lowest BCUT2D eigenvalue weighted by atomic mass is 9.96. The molecule has 1 aliphatic rings. The zero-order chi connectivity index (χ0) is 28.3. The third-order valence-corrected chi connectivity index (χ3v) is 8.42. The van der Waals surface area contributed by atoms with Crippen LogP contribution in [-0.4, -0.2) is 30.2 Å². The molecule has 0 bridgehead atoms. The molecule has 1 N–H and O–H groups in total. The lowest BCUT2D eigenvalue weighted by Gasteiger charge is -2.21. The Labute approximate surface area is 247 Å². The molecular weight excluding hydrogens is 557 g/mol. The number of para-hydroxylation sites is 2. The van der Waals surface area contributed by atoms with Gasteiger partial charge in [0.2, 0.25) is 5.91 Å². The molecule has 1 saturated carbocycles. The van der Waals surface area contributed by atoms with E-state index in [0.29, 0.717) is 39.4 Å². The number of halogens is 2. The second kappa shape index (κ2) is 11.7. The number of carbonyl (C=O) groups is 1. The van der Waals surface area contributed by atoms with E-state index >= 15 is 0 Å². The first kappa shape index (κ1) is 27.0. The van der Waals surface area contributed by atoms with Gasteiger partial charge in [-0.25, -0.2) is 9.97 Å². The molecule has 0 amide bonds. The topological polar surface area (TPSA) is 101 Å². The van der Waals surface area contributed by atoms with Gasteiger partial charge in [0.25, 0.3) is 0 Å². The van der Waals surface area contributed by atoms with E-state index in [1.165, 1.54) is 19.2 Å². The minimum Gasteiger partial charge on any atom is -0.353 e. The molecule has 0 aliphatic heterocycles. The summed E-state index contributed by atoms with van der Waals surface area (Å²) in [4.78, 5) is 22.5. The van der Waals surface area contributed by atoms with Crippen molar-refractivity contribution in [2.75, 3.05) is 5.32 Å². The maximum Gasteiger partial charge on any atom is 0.236 e. The molecule has 3 aromatic heterocycles. The van der Waals surface area contributed by atoms with Crippen molar-refractivity contribution in [2.24, 2.45) is 5.92 Å². The number of nitrogens with one attached hydrogen (secondary N) is 1. The molecule has 3 heterocycles. The van der Waals surface area contributed by atoms with Crippen molar-refractivity contribution >= 4 is 51.5 Å². The summed E-state index contributed by atoms with van der Waals surface area (Å²) >= 11 is 12.7. The molecule has 5 aromatic rings. The lowest BCUT2D eigenvalue weighted by molar-refractivity contribution is 0.0919. The molecule has 1 unspecified atom stereocenters. The van der Waals surface area contributed by atoms with Crippen molar-refractivity contribution in [1.82, 2.24) is 24.3 Å². The number of hydrogen-bond acceptors (Lipinski definition) is 6. The number of rotatable bonds is 8. The molecule has 0 saturated heterocycles. The Morgan fingerprint density at radius 1 is 1.07 bits per heavy atom. The highest BCUT2D eigenvalue weighted by atomic mass is 35.5. The fourth-order valence-electron chi connectivity index (χ4n) is 5.73. The van der Waals surface area contributed by atoms with Crippen LogP contribution in [0.2, 0.25) is 10.0 Å². The second-order valence-corrected chi connectivity index (χ2v) is 11.1. The molecule has 6 rings (SSSR count). The van der Waals surface area contributed by atoms with Gasteiger partial charge in [-0.05, 0) is 48.6 Å². The first-order valence-corrected chi connectivity index (χ1v) is 14.3. The van der Waals surface area contributed by atoms with E-state index in [1.54, 1.807) is 35.2 Å². The van der Waals surface area contributed by atoms with E-state index in [0.717, 1.165) is 35.0 Å². The maximum atomic E-state index is 13.6. The number of nitrogens with zero attached hydrogens (tertiary/aromatic N) is 6. The fraction of sp³-hybridized carbons (Fsp3) is 0.258. The van der Waals surface area contributed by atoms with Crippen LogP contribution in [0.25, 0.3) is 22.3 Å². The quantitative estimate of drug-likeness (QED) is 0.199. The minimum absolute atomic E-state index is 0.0501. The number of nitriles is 1. The zero-order valence-corrected chi connectivity index (χ0v) is 23.7. The highest BCUT2D eigenvalue weighted by Gasteiger charge is 2.27. The number of benzene rings is 2. The average molecular weight is 585 g/mol. The minimum atomic E-state index is -0.143. The predicted octanol–water partition coefficient (Wildman–Crippen LogP) is 7.87. The number of anilines is 2. The van der Waals surface area contributed by atoms with Crippen molar-refractivity contribution in [3.05, 3.63) is 89.1 Å². The van der Waals surface area contributed by atoms with Crippen LogP contribution in [0.1, 0.15) is 48.5 Å². The summed E-state index contributed by atoms with van der Waals surface area (Å²) in [5.41, 5.74) is 4.17. The van der Waals surface area contributed by atoms with Crippen molar-refractivity contribution in [3.63, 3.8) is 0 Å². The van der Waals surface area contributed by atoms with Crippen LogP contribution < -0.4 is 5.32 Å². The first-order valence-electron chi connectivity index (χ1n) is 13.6. The Morgan fingerprint density at radius 2 is 1.85 bits per heavy atom. The van der Waals surface area contributed by atoms with Crippen molar-refractivity contribution < 1.29 is 4.79 Å². The lowest BCUT2D eigenvalue weighted by Crippen LogP contribution is -2.17. The Balaban J connectivity index is 1.27. The van der Waals surface area contributed by atoms with Gasteiger partial charge in [0.15, 0.2) is 5.65 Å². The van der Waals surface area contributed by atoms with Crippen LogP contribution in [0.5, 0.6) is 0 Å². The highest BCUT2D eigenvalue weighted by molar-refractivity contribution is 6.39. The molecule has 2 aromatic carbocycles. The van der Waals surface area contributed by atoms with Crippen molar-refractivity contribution in [3.8, 4) is 17.3 Å². The summed E-state index contributed by atoms with van der Waals surface area (Å²) in [6, 6.07) is 17.1. The zero-order valence-electron chi connectivity index (χ0n) is 22.2. The molecule has 41 heavy (non-hydrogen) atoms. The van der Waals surface area contributed by atoms with Gasteiger partial charge in [-0.3, -0.25) is 14.0 Å². The van der Waals surface area contributed by atoms with Crippen LogP contribution in [0, 0.1) is 17.2 Å². The molecule has 1 atom stereocenters. The summed E-state index contributed by atoms with van der Waals surface area (Å²) in [5.74, 6) is 0.313. The van der Waals surface area contributed by atoms with Crippen molar-refractivity contribution in [1.29, 1.82) is 5.26 Å². The molecule has 8 nitrogen and oxygen atoms in total. The normalized spacial score (nSPS) is 14.3. The van der Waals surface area contributed by atoms with E-state index in [4.69, 9.17) is 23.2 Å². The Kier molecular flexibility index (Phi) is 7.73. The Morgan fingerprint density at radius 3 is 2.63 bits per heavy atom. The third-order valence-electron chi connectivity index (χ3n) is 7.79. The summed E-state index contributed by atoms with van der Waals surface area (Å²) in [7, 11) is 0. The van der Waals surface area contributed by atoms with E-state index in [-0.39, 0.29) is 18.4 Å². The van der Waals surface area contributed by atoms with Gasteiger partial charge >= 0.3 is 0 Å². The van der Waals surface area contributed by atoms with Gasteiger partial charge in [0.05, 0.1) is 52.6 Å². The molecular formula is C31H27Cl2N7O. The van der Waals surface area contributed by atoms with Gasteiger partial charge in [0.1, 0.15) is 6.33 Å². The Bertz CT molecular complexity index is 1740. The summed E-state index contributed by atoms with van der Waals surface area (Å²) in [5, 5.41) is 19.1. The van der Waals surface area contributed by atoms with Crippen LogP contribution >= 0.6 is 23.2 Å². The molecule has 206 valence electrons. The monoisotopic (exact) mass is 583 g/mol. The van der Waals surface area contributed by atoms with Crippen LogP contribution in [0.4, 0.5) is 11.4 Å². The number of aromatic nitrogens is 5. The van der Waals surface area contributed by atoms with E-state index < -0.39 is 0 Å². The van der Waals surface area contributed by atoms with Crippen molar-refractivity contribution in [2.45, 2.75) is 44.6 Å². The molecule has 0 radical (unpaired) electrons. The largest absolute Gasteiger partial charge is 0.353 e.